The van der Waals surface area contributed by atoms with Gasteiger partial charge >= 0.3 is 11.9 Å². The molecule has 0 spiro atoms. The SMILES string of the molecule is CCCCC(CCCNc1ccccc1C(=O)OC)C(=O)O. The summed E-state index contributed by atoms with van der Waals surface area (Å²) in [5.41, 5.74) is 1.21. The average molecular weight is 307 g/mol. The zero-order valence-electron chi connectivity index (χ0n) is 13.3. The van der Waals surface area contributed by atoms with E-state index >= 15 is 0 Å². The van der Waals surface area contributed by atoms with Crippen LogP contribution in [0.5, 0.6) is 0 Å². The van der Waals surface area contributed by atoms with Gasteiger partial charge in [-0.3, -0.25) is 4.79 Å². The maximum atomic E-state index is 11.6. The highest BCUT2D eigenvalue weighted by Crippen LogP contribution is 2.18. The van der Waals surface area contributed by atoms with Gasteiger partial charge in [0.2, 0.25) is 0 Å². The first-order chi connectivity index (χ1) is 10.6. The molecule has 0 radical (unpaired) electrons. The topological polar surface area (TPSA) is 75.6 Å². The van der Waals surface area contributed by atoms with Gasteiger partial charge in [-0.15, -0.1) is 0 Å². The number of benzene rings is 1. The molecule has 122 valence electrons. The average Bonchev–Trinajstić information content (AvgIpc) is 2.53. The van der Waals surface area contributed by atoms with Crippen LogP contribution in [0.2, 0.25) is 0 Å². The van der Waals surface area contributed by atoms with Crippen molar-refractivity contribution in [3.8, 4) is 0 Å². The normalized spacial score (nSPS) is 11.7. The number of nitrogens with one attached hydrogen (secondary N) is 1. The number of ether oxygens (including phenoxy) is 1. The van der Waals surface area contributed by atoms with Gasteiger partial charge in [0.25, 0.3) is 0 Å². The van der Waals surface area contributed by atoms with E-state index in [4.69, 9.17) is 4.74 Å². The molecule has 0 aliphatic rings. The van der Waals surface area contributed by atoms with E-state index < -0.39 is 5.97 Å². The predicted molar refractivity (Wildman–Crippen MR) is 86.2 cm³/mol. The molecule has 1 aromatic rings. The van der Waals surface area contributed by atoms with E-state index in [0.717, 1.165) is 31.4 Å². The van der Waals surface area contributed by atoms with Crippen molar-refractivity contribution in [3.05, 3.63) is 29.8 Å². The Morgan fingerprint density at radius 1 is 1.23 bits per heavy atom. The lowest BCUT2D eigenvalue weighted by molar-refractivity contribution is -0.142. The highest BCUT2D eigenvalue weighted by molar-refractivity contribution is 5.95. The Morgan fingerprint density at radius 2 is 1.91 bits per heavy atom. The van der Waals surface area contributed by atoms with Crippen molar-refractivity contribution in [1.82, 2.24) is 0 Å². The van der Waals surface area contributed by atoms with Crippen LogP contribution in [0.25, 0.3) is 0 Å². The summed E-state index contributed by atoms with van der Waals surface area (Å²) >= 11 is 0. The van der Waals surface area contributed by atoms with Crippen LogP contribution in [-0.2, 0) is 9.53 Å². The Labute approximate surface area is 131 Å². The summed E-state index contributed by atoms with van der Waals surface area (Å²) in [6.07, 6.45) is 4.06. The third kappa shape index (κ3) is 5.76. The van der Waals surface area contributed by atoms with Gasteiger partial charge in [0.05, 0.1) is 18.6 Å². The summed E-state index contributed by atoms with van der Waals surface area (Å²) < 4.78 is 4.74. The van der Waals surface area contributed by atoms with E-state index in [0.29, 0.717) is 18.5 Å². The fourth-order valence-electron chi connectivity index (χ4n) is 2.34. The van der Waals surface area contributed by atoms with Gasteiger partial charge < -0.3 is 15.2 Å². The molecule has 1 unspecified atom stereocenters. The van der Waals surface area contributed by atoms with Crippen molar-refractivity contribution >= 4 is 17.6 Å². The van der Waals surface area contributed by atoms with Crippen LogP contribution in [0, 0.1) is 5.92 Å². The molecule has 0 heterocycles. The summed E-state index contributed by atoms with van der Waals surface area (Å²) in [5.74, 6) is -1.38. The lowest BCUT2D eigenvalue weighted by atomic mass is 9.97. The van der Waals surface area contributed by atoms with Crippen molar-refractivity contribution in [1.29, 1.82) is 0 Å². The second kappa shape index (κ2) is 9.82. The van der Waals surface area contributed by atoms with Crippen molar-refractivity contribution < 1.29 is 19.4 Å². The maximum absolute atomic E-state index is 11.6. The van der Waals surface area contributed by atoms with Crippen LogP contribution in [0.3, 0.4) is 0 Å². The number of hydrogen-bond donors (Lipinski definition) is 2. The van der Waals surface area contributed by atoms with Crippen molar-refractivity contribution in [3.63, 3.8) is 0 Å². The number of aliphatic carboxylic acids is 1. The largest absolute Gasteiger partial charge is 0.481 e. The minimum absolute atomic E-state index is 0.280. The predicted octanol–water partition coefficient (Wildman–Crippen LogP) is 3.56. The highest BCUT2D eigenvalue weighted by Gasteiger charge is 2.16. The second-order valence-corrected chi connectivity index (χ2v) is 5.28. The number of rotatable bonds is 10. The Balaban J connectivity index is 2.47. The third-order valence-electron chi connectivity index (χ3n) is 3.63. The van der Waals surface area contributed by atoms with E-state index in [9.17, 15) is 14.7 Å². The zero-order valence-corrected chi connectivity index (χ0v) is 13.3. The van der Waals surface area contributed by atoms with Gasteiger partial charge in [-0.1, -0.05) is 31.9 Å². The number of para-hydroxylation sites is 1. The third-order valence-corrected chi connectivity index (χ3v) is 3.63. The highest BCUT2D eigenvalue weighted by atomic mass is 16.5. The van der Waals surface area contributed by atoms with Crippen LogP contribution in [0.1, 0.15) is 49.4 Å². The first-order valence-electron chi connectivity index (χ1n) is 7.74. The number of carboxylic acids is 1. The molecule has 2 N–H and O–H groups in total. The number of carbonyl (C=O) groups is 2. The van der Waals surface area contributed by atoms with Gasteiger partial charge in [0.15, 0.2) is 0 Å². The van der Waals surface area contributed by atoms with Gasteiger partial charge in [0, 0.05) is 12.2 Å². The van der Waals surface area contributed by atoms with E-state index in [1.807, 2.05) is 12.1 Å². The Hall–Kier alpha value is -2.04. The lowest BCUT2D eigenvalue weighted by Crippen LogP contribution is -2.16. The lowest BCUT2D eigenvalue weighted by Gasteiger charge is -2.13. The van der Waals surface area contributed by atoms with E-state index in [2.05, 4.69) is 12.2 Å². The number of unbranched alkanes of at least 4 members (excludes halogenated alkanes) is 1. The van der Waals surface area contributed by atoms with Gasteiger partial charge in [0.1, 0.15) is 0 Å². The summed E-state index contributed by atoms with van der Waals surface area (Å²) in [6.45, 7) is 2.69. The number of methoxy groups -OCH3 is 1. The molecule has 0 amide bonds. The molecule has 0 saturated carbocycles. The molecule has 1 aromatic carbocycles. The van der Waals surface area contributed by atoms with E-state index in [-0.39, 0.29) is 11.9 Å². The summed E-state index contributed by atoms with van der Waals surface area (Å²) in [5, 5.41) is 12.4. The van der Waals surface area contributed by atoms with Crippen LogP contribution in [0.4, 0.5) is 5.69 Å². The Kier molecular flexibility index (Phi) is 8.04. The smallest absolute Gasteiger partial charge is 0.339 e. The molecule has 1 rings (SSSR count). The molecular weight excluding hydrogens is 282 g/mol. The number of carbonyl (C=O) groups excluding carboxylic acids is 1. The Bertz CT molecular complexity index is 487. The second-order valence-electron chi connectivity index (χ2n) is 5.28. The summed E-state index contributed by atoms with van der Waals surface area (Å²) in [4.78, 5) is 22.8. The van der Waals surface area contributed by atoms with Crippen molar-refractivity contribution in [2.45, 2.75) is 39.0 Å². The van der Waals surface area contributed by atoms with Gasteiger partial charge in [-0.05, 0) is 31.4 Å². The molecular formula is C17H25NO4. The fourth-order valence-corrected chi connectivity index (χ4v) is 2.34. The fraction of sp³-hybridized carbons (Fsp3) is 0.529. The molecule has 0 saturated heterocycles. The number of esters is 1. The van der Waals surface area contributed by atoms with Crippen molar-refractivity contribution in [2.24, 2.45) is 5.92 Å². The van der Waals surface area contributed by atoms with Crippen LogP contribution in [-0.4, -0.2) is 30.7 Å². The van der Waals surface area contributed by atoms with E-state index in [1.54, 1.807) is 12.1 Å². The monoisotopic (exact) mass is 307 g/mol. The molecule has 0 aliphatic heterocycles. The Morgan fingerprint density at radius 3 is 2.55 bits per heavy atom. The van der Waals surface area contributed by atoms with Crippen molar-refractivity contribution in [2.75, 3.05) is 19.0 Å². The molecule has 5 nitrogen and oxygen atoms in total. The van der Waals surface area contributed by atoms with Crippen LogP contribution >= 0.6 is 0 Å². The first-order valence-corrected chi connectivity index (χ1v) is 7.74. The first kappa shape index (κ1) is 18.0. The summed E-state index contributed by atoms with van der Waals surface area (Å²) in [7, 11) is 1.35. The molecule has 0 bridgehead atoms. The molecule has 0 aliphatic carbocycles. The van der Waals surface area contributed by atoms with E-state index in [1.165, 1.54) is 7.11 Å². The number of carboxylic acid groups (broad SMARTS) is 1. The number of hydrogen-bond acceptors (Lipinski definition) is 4. The molecule has 22 heavy (non-hydrogen) atoms. The van der Waals surface area contributed by atoms with Crippen LogP contribution in [0.15, 0.2) is 24.3 Å². The maximum Gasteiger partial charge on any atom is 0.339 e. The quantitative estimate of drug-likeness (QED) is 0.510. The standard InChI is InChI=1S/C17H25NO4/c1-3-4-8-13(16(19)20)9-7-12-18-15-11-6-5-10-14(15)17(21)22-2/h5-6,10-11,13,18H,3-4,7-9,12H2,1-2H3,(H,19,20). The number of anilines is 1. The zero-order chi connectivity index (χ0) is 16.4. The molecule has 1 atom stereocenters. The minimum Gasteiger partial charge on any atom is -0.481 e. The van der Waals surface area contributed by atoms with Crippen LogP contribution < -0.4 is 5.32 Å². The molecule has 0 fully saturated rings. The van der Waals surface area contributed by atoms with Gasteiger partial charge in [-0.2, -0.15) is 0 Å². The molecule has 0 aromatic heterocycles. The summed E-state index contributed by atoms with van der Waals surface area (Å²) in [6, 6.07) is 7.15. The van der Waals surface area contributed by atoms with Gasteiger partial charge in [-0.25, -0.2) is 4.79 Å². The minimum atomic E-state index is -0.719. The molecule has 5 heteroatoms.